The minimum absolute atomic E-state index is 0.533. The van der Waals surface area contributed by atoms with Crippen LogP contribution < -0.4 is 4.74 Å². The number of benzene rings is 1. The Bertz CT molecular complexity index is 673. The number of carbonyl (C=O) groups is 2. The minimum Gasteiger partial charge on any atom is -0.497 e. The van der Waals surface area contributed by atoms with Gasteiger partial charge < -0.3 is 18.8 Å². The molecule has 0 spiro atoms. The Morgan fingerprint density at radius 1 is 1.10 bits per heavy atom. The van der Waals surface area contributed by atoms with Crippen LogP contribution in [-0.4, -0.2) is 37.8 Å². The number of aryl methyl sites for hydroxylation is 1. The molecule has 0 N–H and O–H groups in total. The summed E-state index contributed by atoms with van der Waals surface area (Å²) in [5, 5.41) is 0.748. The summed E-state index contributed by atoms with van der Waals surface area (Å²) >= 11 is 0. The predicted octanol–water partition coefficient (Wildman–Crippen LogP) is 1.62. The van der Waals surface area contributed by atoms with Gasteiger partial charge in [-0.3, -0.25) is 9.59 Å². The summed E-state index contributed by atoms with van der Waals surface area (Å²) in [6.07, 6.45) is 1.72. The molecule has 0 unspecified atom stereocenters. The maximum atomic E-state index is 12.0. The number of esters is 2. The molecule has 0 fully saturated rings. The molecule has 0 saturated heterocycles. The fourth-order valence-electron chi connectivity index (χ4n) is 2.34. The van der Waals surface area contributed by atoms with E-state index in [1.165, 1.54) is 14.2 Å². The Kier molecular flexibility index (Phi) is 4.16. The molecule has 6 heteroatoms. The van der Waals surface area contributed by atoms with Gasteiger partial charge in [0.25, 0.3) is 0 Å². The maximum absolute atomic E-state index is 12.0. The molecule has 1 aromatic heterocycles. The molecular weight excluding hydrogens is 274 g/mol. The summed E-state index contributed by atoms with van der Waals surface area (Å²) < 4.78 is 16.5. The van der Waals surface area contributed by atoms with Gasteiger partial charge in [0.1, 0.15) is 5.75 Å². The van der Waals surface area contributed by atoms with Crippen LogP contribution in [0.1, 0.15) is 11.5 Å². The first-order valence-electron chi connectivity index (χ1n) is 6.32. The second-order valence-corrected chi connectivity index (χ2v) is 4.56. The van der Waals surface area contributed by atoms with Crippen molar-refractivity contribution in [3.8, 4) is 5.75 Å². The van der Waals surface area contributed by atoms with Crippen LogP contribution in [0.15, 0.2) is 24.4 Å². The van der Waals surface area contributed by atoms with Crippen LogP contribution in [0.25, 0.3) is 10.9 Å². The average molecular weight is 291 g/mol. The van der Waals surface area contributed by atoms with Crippen LogP contribution in [-0.2, 0) is 26.1 Å². The van der Waals surface area contributed by atoms with Crippen molar-refractivity contribution < 1.29 is 23.8 Å². The van der Waals surface area contributed by atoms with Crippen molar-refractivity contribution in [2.45, 2.75) is 5.92 Å². The van der Waals surface area contributed by atoms with Gasteiger partial charge in [-0.2, -0.15) is 0 Å². The van der Waals surface area contributed by atoms with Crippen molar-refractivity contribution in [1.29, 1.82) is 0 Å². The molecule has 0 radical (unpaired) electrons. The van der Waals surface area contributed by atoms with E-state index in [2.05, 4.69) is 0 Å². The molecule has 0 aliphatic heterocycles. The third kappa shape index (κ3) is 2.56. The molecule has 0 amide bonds. The molecule has 0 saturated carbocycles. The van der Waals surface area contributed by atoms with Gasteiger partial charge in [0.05, 0.1) is 21.3 Å². The fraction of sp³-hybridized carbons (Fsp3) is 0.333. The van der Waals surface area contributed by atoms with E-state index in [-0.39, 0.29) is 0 Å². The first-order chi connectivity index (χ1) is 10.0. The van der Waals surface area contributed by atoms with E-state index in [0.29, 0.717) is 11.3 Å². The molecule has 112 valence electrons. The summed E-state index contributed by atoms with van der Waals surface area (Å²) in [7, 11) is 5.87. The Morgan fingerprint density at radius 3 is 2.24 bits per heavy atom. The summed E-state index contributed by atoms with van der Waals surface area (Å²) in [5.74, 6) is -1.78. The van der Waals surface area contributed by atoms with Gasteiger partial charge in [-0.1, -0.05) is 0 Å². The van der Waals surface area contributed by atoms with E-state index in [0.717, 1.165) is 10.9 Å². The van der Waals surface area contributed by atoms with Gasteiger partial charge in [-0.15, -0.1) is 0 Å². The number of fused-ring (bicyclic) bond motifs is 1. The highest BCUT2D eigenvalue weighted by atomic mass is 16.5. The normalized spacial score (nSPS) is 10.7. The fourth-order valence-corrected chi connectivity index (χ4v) is 2.34. The molecule has 6 nitrogen and oxygen atoms in total. The zero-order chi connectivity index (χ0) is 15.6. The van der Waals surface area contributed by atoms with E-state index in [1.807, 2.05) is 23.7 Å². The first-order valence-corrected chi connectivity index (χ1v) is 6.32. The smallest absolute Gasteiger partial charge is 0.324 e. The lowest BCUT2D eigenvalue weighted by molar-refractivity contribution is -0.154. The number of rotatable bonds is 4. The Hall–Kier alpha value is -2.50. The number of nitrogens with zero attached hydrogens (tertiary/aromatic N) is 1. The van der Waals surface area contributed by atoms with Gasteiger partial charge in [0, 0.05) is 29.7 Å². The van der Waals surface area contributed by atoms with Crippen LogP contribution in [0, 0.1) is 0 Å². The van der Waals surface area contributed by atoms with Crippen LogP contribution in [0.4, 0.5) is 0 Å². The highest BCUT2D eigenvalue weighted by Gasteiger charge is 2.33. The average Bonchev–Trinajstić information content (AvgIpc) is 2.83. The quantitative estimate of drug-likeness (QED) is 0.632. The highest BCUT2D eigenvalue weighted by molar-refractivity contribution is 6.05. The Labute approximate surface area is 122 Å². The standard InChI is InChI=1S/C15H17NO5/c1-16-8-11(13(14(17)20-3)15(18)21-4)10-7-9(19-2)5-6-12(10)16/h5-8,13H,1-4H3. The molecule has 1 aromatic carbocycles. The maximum Gasteiger partial charge on any atom is 0.324 e. The molecule has 21 heavy (non-hydrogen) atoms. The lowest BCUT2D eigenvalue weighted by Gasteiger charge is -2.11. The molecule has 1 heterocycles. The second kappa shape index (κ2) is 5.87. The van der Waals surface area contributed by atoms with Crippen LogP contribution >= 0.6 is 0 Å². The van der Waals surface area contributed by atoms with Crippen molar-refractivity contribution in [3.63, 3.8) is 0 Å². The highest BCUT2D eigenvalue weighted by Crippen LogP contribution is 2.31. The third-order valence-electron chi connectivity index (χ3n) is 3.41. The van der Waals surface area contributed by atoms with Crippen LogP contribution in [0.3, 0.4) is 0 Å². The van der Waals surface area contributed by atoms with Crippen molar-refractivity contribution >= 4 is 22.8 Å². The molecule has 0 atom stereocenters. The van der Waals surface area contributed by atoms with E-state index in [9.17, 15) is 9.59 Å². The van der Waals surface area contributed by atoms with Gasteiger partial charge in [-0.25, -0.2) is 0 Å². The van der Waals surface area contributed by atoms with Crippen molar-refractivity contribution in [3.05, 3.63) is 30.0 Å². The zero-order valence-electron chi connectivity index (χ0n) is 12.4. The summed E-state index contributed by atoms with van der Waals surface area (Å²) in [6, 6.07) is 5.46. The van der Waals surface area contributed by atoms with Gasteiger partial charge in [0.2, 0.25) is 0 Å². The number of hydrogen-bond acceptors (Lipinski definition) is 5. The van der Waals surface area contributed by atoms with Gasteiger partial charge in [-0.05, 0) is 18.2 Å². The summed E-state index contributed by atoms with van der Waals surface area (Å²) in [6.45, 7) is 0. The van der Waals surface area contributed by atoms with Crippen molar-refractivity contribution in [2.24, 2.45) is 7.05 Å². The summed E-state index contributed by atoms with van der Waals surface area (Å²) in [5.41, 5.74) is 1.41. The molecule has 2 aromatic rings. The van der Waals surface area contributed by atoms with Crippen LogP contribution in [0.5, 0.6) is 5.75 Å². The molecule has 0 aliphatic carbocycles. The lowest BCUT2D eigenvalue weighted by Crippen LogP contribution is -2.24. The zero-order valence-corrected chi connectivity index (χ0v) is 12.4. The van der Waals surface area contributed by atoms with Gasteiger partial charge >= 0.3 is 11.9 Å². The van der Waals surface area contributed by atoms with E-state index >= 15 is 0 Å². The molecule has 2 rings (SSSR count). The van der Waals surface area contributed by atoms with Crippen LogP contribution in [0.2, 0.25) is 0 Å². The third-order valence-corrected chi connectivity index (χ3v) is 3.41. The first kappa shape index (κ1) is 14.9. The van der Waals surface area contributed by atoms with E-state index in [4.69, 9.17) is 14.2 Å². The summed E-state index contributed by atoms with van der Waals surface area (Å²) in [4.78, 5) is 23.9. The number of hydrogen-bond donors (Lipinski definition) is 0. The predicted molar refractivity (Wildman–Crippen MR) is 76.2 cm³/mol. The Morgan fingerprint density at radius 2 is 1.71 bits per heavy atom. The van der Waals surface area contributed by atoms with Gasteiger partial charge in [0.15, 0.2) is 5.92 Å². The number of carbonyl (C=O) groups excluding carboxylic acids is 2. The van der Waals surface area contributed by atoms with E-state index < -0.39 is 17.9 Å². The number of methoxy groups -OCH3 is 3. The lowest BCUT2D eigenvalue weighted by atomic mass is 9.98. The van der Waals surface area contributed by atoms with Crippen molar-refractivity contribution in [2.75, 3.05) is 21.3 Å². The second-order valence-electron chi connectivity index (χ2n) is 4.56. The number of ether oxygens (including phenoxy) is 3. The SMILES string of the molecule is COC(=O)C(C(=O)OC)c1cn(C)c2ccc(OC)cc12. The Balaban J connectivity index is 2.67. The number of aromatic nitrogens is 1. The molecule has 0 aliphatic rings. The topological polar surface area (TPSA) is 66.8 Å². The molecular formula is C15H17NO5. The van der Waals surface area contributed by atoms with Crippen molar-refractivity contribution in [1.82, 2.24) is 4.57 Å². The minimum atomic E-state index is -1.11. The van der Waals surface area contributed by atoms with E-state index in [1.54, 1.807) is 19.4 Å². The molecule has 0 bridgehead atoms. The largest absolute Gasteiger partial charge is 0.497 e. The monoisotopic (exact) mass is 291 g/mol.